The van der Waals surface area contributed by atoms with Crippen LogP contribution in [0.5, 0.6) is 11.5 Å². The second kappa shape index (κ2) is 7.69. The van der Waals surface area contributed by atoms with E-state index in [9.17, 15) is 9.59 Å². The van der Waals surface area contributed by atoms with Crippen molar-refractivity contribution in [2.45, 2.75) is 19.8 Å². The largest absolute Gasteiger partial charge is 0.497 e. The third-order valence-electron chi connectivity index (χ3n) is 4.17. The zero-order valence-electron chi connectivity index (χ0n) is 14.8. The highest BCUT2D eigenvalue weighted by Gasteiger charge is 2.36. The maximum atomic E-state index is 12.5. The van der Waals surface area contributed by atoms with Gasteiger partial charge in [0.2, 0.25) is 16.9 Å². The number of ether oxygens (including phenoxy) is 2. The summed E-state index contributed by atoms with van der Waals surface area (Å²) in [4.78, 5) is 26.5. The summed E-state index contributed by atoms with van der Waals surface area (Å²) in [6.45, 7) is 2.26. The molecule has 2 heterocycles. The smallest absolute Gasteiger partial charge is 0.231 e. The molecule has 1 aliphatic rings. The molecule has 0 bridgehead atoms. The van der Waals surface area contributed by atoms with Gasteiger partial charge in [-0.15, -0.1) is 10.2 Å². The zero-order chi connectivity index (χ0) is 18.7. The van der Waals surface area contributed by atoms with Gasteiger partial charge in [0.05, 0.1) is 25.8 Å². The molecule has 0 saturated carbocycles. The van der Waals surface area contributed by atoms with E-state index in [1.54, 1.807) is 30.2 Å². The number of nitrogens with zero attached hydrogens (tertiary/aromatic N) is 3. The minimum absolute atomic E-state index is 0.125. The second-order valence-electron chi connectivity index (χ2n) is 5.79. The van der Waals surface area contributed by atoms with Gasteiger partial charge in [-0.2, -0.15) is 0 Å². The van der Waals surface area contributed by atoms with Gasteiger partial charge in [-0.3, -0.25) is 9.59 Å². The number of amides is 2. The van der Waals surface area contributed by atoms with Crippen LogP contribution in [-0.2, 0) is 16.0 Å². The summed E-state index contributed by atoms with van der Waals surface area (Å²) in [5, 5.41) is 12.0. The number of benzene rings is 1. The van der Waals surface area contributed by atoms with Crippen molar-refractivity contribution in [1.82, 2.24) is 10.2 Å². The van der Waals surface area contributed by atoms with Gasteiger partial charge in [0.15, 0.2) is 0 Å². The van der Waals surface area contributed by atoms with Gasteiger partial charge < -0.3 is 19.7 Å². The van der Waals surface area contributed by atoms with Crippen molar-refractivity contribution >= 4 is 34.0 Å². The van der Waals surface area contributed by atoms with Crippen molar-refractivity contribution in [1.29, 1.82) is 0 Å². The lowest BCUT2D eigenvalue weighted by molar-refractivity contribution is -0.122. The number of rotatable bonds is 6. The van der Waals surface area contributed by atoms with E-state index in [4.69, 9.17) is 9.47 Å². The molecule has 3 rings (SSSR count). The van der Waals surface area contributed by atoms with E-state index in [-0.39, 0.29) is 24.8 Å². The van der Waals surface area contributed by atoms with E-state index >= 15 is 0 Å². The lowest BCUT2D eigenvalue weighted by Gasteiger charge is -2.20. The maximum Gasteiger partial charge on any atom is 0.231 e. The van der Waals surface area contributed by atoms with Crippen LogP contribution in [0.1, 0.15) is 18.4 Å². The first kappa shape index (κ1) is 18.1. The van der Waals surface area contributed by atoms with E-state index in [1.165, 1.54) is 18.4 Å². The number of methoxy groups -OCH3 is 2. The molecule has 2 amide bonds. The molecular weight excluding hydrogens is 356 g/mol. The number of nitrogens with one attached hydrogen (secondary N) is 1. The van der Waals surface area contributed by atoms with Crippen LogP contribution in [0.4, 0.5) is 10.8 Å². The van der Waals surface area contributed by atoms with Gasteiger partial charge in [-0.25, -0.2) is 0 Å². The Hall–Kier alpha value is -2.68. The number of hydrogen-bond acceptors (Lipinski definition) is 7. The summed E-state index contributed by atoms with van der Waals surface area (Å²) >= 11 is 1.34. The molecule has 1 aliphatic heterocycles. The minimum atomic E-state index is -0.455. The first-order valence-corrected chi connectivity index (χ1v) is 9.03. The highest BCUT2D eigenvalue weighted by molar-refractivity contribution is 7.15. The van der Waals surface area contributed by atoms with Gasteiger partial charge in [-0.05, 0) is 18.6 Å². The first-order chi connectivity index (χ1) is 12.5. The molecule has 0 unspecified atom stereocenters. The Morgan fingerprint density at radius 3 is 2.81 bits per heavy atom. The van der Waals surface area contributed by atoms with E-state index in [2.05, 4.69) is 15.5 Å². The third kappa shape index (κ3) is 3.62. The Labute approximate surface area is 155 Å². The number of anilines is 2. The minimum Gasteiger partial charge on any atom is -0.497 e. The molecule has 1 atom stereocenters. The van der Waals surface area contributed by atoms with Crippen LogP contribution in [-0.4, -0.2) is 42.8 Å². The molecule has 1 saturated heterocycles. The van der Waals surface area contributed by atoms with Gasteiger partial charge in [0.1, 0.15) is 16.5 Å². The number of hydrogen-bond donors (Lipinski definition) is 1. The molecule has 0 radical (unpaired) electrons. The Balaban J connectivity index is 1.73. The van der Waals surface area contributed by atoms with Crippen molar-refractivity contribution in [2.24, 2.45) is 5.92 Å². The first-order valence-electron chi connectivity index (χ1n) is 8.21. The Morgan fingerprint density at radius 1 is 1.35 bits per heavy atom. The summed E-state index contributed by atoms with van der Waals surface area (Å²) in [6, 6.07) is 5.23. The highest BCUT2D eigenvalue weighted by Crippen LogP contribution is 2.36. The molecule has 9 heteroatoms. The van der Waals surface area contributed by atoms with Crippen LogP contribution in [0.2, 0.25) is 0 Å². The van der Waals surface area contributed by atoms with Crippen LogP contribution in [0.3, 0.4) is 0 Å². The monoisotopic (exact) mass is 376 g/mol. The fourth-order valence-electron chi connectivity index (χ4n) is 2.78. The lowest BCUT2D eigenvalue weighted by Crippen LogP contribution is -2.28. The SMILES string of the molecule is CCc1nnc(NC(=O)[C@H]2CC(=O)N(c3ccc(OC)cc3OC)C2)s1. The molecule has 8 nitrogen and oxygen atoms in total. The van der Waals surface area contributed by atoms with Crippen LogP contribution in [0.15, 0.2) is 18.2 Å². The van der Waals surface area contributed by atoms with Gasteiger partial charge in [-0.1, -0.05) is 18.3 Å². The fraction of sp³-hybridized carbons (Fsp3) is 0.412. The molecule has 1 fully saturated rings. The lowest BCUT2D eigenvalue weighted by atomic mass is 10.1. The molecule has 0 spiro atoms. The third-order valence-corrected chi connectivity index (χ3v) is 5.16. The van der Waals surface area contributed by atoms with E-state index in [0.29, 0.717) is 22.3 Å². The maximum absolute atomic E-state index is 12.5. The summed E-state index contributed by atoms with van der Waals surface area (Å²) in [6.07, 6.45) is 0.904. The van der Waals surface area contributed by atoms with Crippen molar-refractivity contribution < 1.29 is 19.1 Å². The van der Waals surface area contributed by atoms with Crippen molar-refractivity contribution in [2.75, 3.05) is 31.0 Å². The van der Waals surface area contributed by atoms with E-state index in [1.807, 2.05) is 6.92 Å². The van der Waals surface area contributed by atoms with E-state index in [0.717, 1.165) is 11.4 Å². The standard InChI is InChI=1S/C17H20N4O4S/c1-4-14-19-20-17(26-14)18-16(23)10-7-15(22)21(9-10)12-6-5-11(24-2)8-13(12)25-3/h5-6,8,10H,4,7,9H2,1-3H3,(H,18,20,23)/t10-/m0/s1. The molecule has 1 aromatic heterocycles. The highest BCUT2D eigenvalue weighted by atomic mass is 32.1. The predicted octanol–water partition coefficient (Wildman–Crippen LogP) is 2.11. The Morgan fingerprint density at radius 2 is 2.15 bits per heavy atom. The molecule has 1 N–H and O–H groups in total. The van der Waals surface area contributed by atoms with Gasteiger partial charge in [0, 0.05) is 19.0 Å². The molecule has 26 heavy (non-hydrogen) atoms. The van der Waals surface area contributed by atoms with Crippen molar-refractivity contribution in [3.8, 4) is 11.5 Å². The van der Waals surface area contributed by atoms with Crippen LogP contribution in [0.25, 0.3) is 0 Å². The topological polar surface area (TPSA) is 93.7 Å². The second-order valence-corrected chi connectivity index (χ2v) is 6.85. The normalized spacial score (nSPS) is 16.7. The summed E-state index contributed by atoms with van der Waals surface area (Å²) < 4.78 is 10.5. The van der Waals surface area contributed by atoms with E-state index < -0.39 is 5.92 Å². The van der Waals surface area contributed by atoms with Crippen molar-refractivity contribution in [3.63, 3.8) is 0 Å². The fourth-order valence-corrected chi connectivity index (χ4v) is 3.46. The zero-order valence-corrected chi connectivity index (χ0v) is 15.6. The molecule has 2 aromatic rings. The number of carbonyl (C=O) groups is 2. The molecular formula is C17H20N4O4S. The quantitative estimate of drug-likeness (QED) is 0.830. The van der Waals surface area contributed by atoms with Gasteiger partial charge >= 0.3 is 0 Å². The average Bonchev–Trinajstić information content (AvgIpc) is 3.27. The number of aromatic nitrogens is 2. The Bertz CT molecular complexity index is 823. The van der Waals surface area contributed by atoms with Crippen LogP contribution in [0, 0.1) is 5.92 Å². The predicted molar refractivity (Wildman–Crippen MR) is 97.9 cm³/mol. The van der Waals surface area contributed by atoms with Crippen molar-refractivity contribution in [3.05, 3.63) is 23.2 Å². The molecule has 1 aromatic carbocycles. The summed E-state index contributed by atoms with van der Waals surface area (Å²) in [5.74, 6) is 0.348. The summed E-state index contributed by atoms with van der Waals surface area (Å²) in [5.41, 5.74) is 0.623. The Kier molecular flexibility index (Phi) is 5.36. The van der Waals surface area contributed by atoms with Crippen LogP contribution >= 0.6 is 11.3 Å². The number of carbonyl (C=O) groups excluding carboxylic acids is 2. The summed E-state index contributed by atoms with van der Waals surface area (Å²) in [7, 11) is 3.09. The molecule has 138 valence electrons. The van der Waals surface area contributed by atoms with Gasteiger partial charge in [0.25, 0.3) is 0 Å². The van der Waals surface area contributed by atoms with Crippen LogP contribution < -0.4 is 19.7 Å². The molecule has 0 aliphatic carbocycles. The average molecular weight is 376 g/mol. The number of aryl methyl sites for hydroxylation is 1.